The number of hydrogen-bond acceptors (Lipinski definition) is 4. The smallest absolute Gasteiger partial charge is 0.176 e. The lowest BCUT2D eigenvalue weighted by molar-refractivity contribution is 0.122. The molecule has 0 saturated carbocycles. The summed E-state index contributed by atoms with van der Waals surface area (Å²) in [6.45, 7) is 7.39. The van der Waals surface area contributed by atoms with E-state index < -0.39 is 0 Å². The summed E-state index contributed by atoms with van der Waals surface area (Å²) < 4.78 is 10.9. The summed E-state index contributed by atoms with van der Waals surface area (Å²) in [5, 5.41) is 5.16. The van der Waals surface area contributed by atoms with Crippen molar-refractivity contribution in [1.29, 1.82) is 0 Å². The number of fused-ring (bicyclic) bond motifs is 1. The molecule has 2 aromatic rings. The fraction of sp³-hybridized carbons (Fsp3) is 0.400. The Hall–Kier alpha value is -1.81. The highest BCUT2D eigenvalue weighted by Crippen LogP contribution is 2.32. The predicted molar refractivity (Wildman–Crippen MR) is 76.5 cm³/mol. The van der Waals surface area contributed by atoms with E-state index in [9.17, 15) is 0 Å². The van der Waals surface area contributed by atoms with Crippen LogP contribution in [0.3, 0.4) is 0 Å². The maximum atomic E-state index is 5.50. The molecule has 0 unspecified atom stereocenters. The van der Waals surface area contributed by atoms with E-state index in [1.165, 1.54) is 5.69 Å². The Morgan fingerprint density at radius 3 is 2.79 bits per heavy atom. The van der Waals surface area contributed by atoms with Crippen LogP contribution in [-0.2, 0) is 4.74 Å². The molecule has 1 aromatic carbocycles. The SMILES string of the molecule is CC=Cc1c(N2CCOCC2)ccc2c(C)noc12. The third-order valence-electron chi connectivity index (χ3n) is 3.52. The van der Waals surface area contributed by atoms with Crippen LogP contribution >= 0.6 is 0 Å². The lowest BCUT2D eigenvalue weighted by Crippen LogP contribution is -2.36. The van der Waals surface area contributed by atoms with Gasteiger partial charge >= 0.3 is 0 Å². The number of aryl methyl sites for hydroxylation is 1. The Morgan fingerprint density at radius 1 is 1.26 bits per heavy atom. The molecule has 2 heterocycles. The summed E-state index contributed by atoms with van der Waals surface area (Å²) in [5.41, 5.74) is 4.13. The summed E-state index contributed by atoms with van der Waals surface area (Å²) >= 11 is 0. The highest BCUT2D eigenvalue weighted by Gasteiger charge is 2.18. The minimum Gasteiger partial charge on any atom is -0.378 e. The van der Waals surface area contributed by atoms with Gasteiger partial charge in [0.25, 0.3) is 0 Å². The van der Waals surface area contributed by atoms with E-state index in [1.807, 2.05) is 19.9 Å². The van der Waals surface area contributed by atoms with E-state index >= 15 is 0 Å². The van der Waals surface area contributed by atoms with Crippen LogP contribution in [0.4, 0.5) is 5.69 Å². The van der Waals surface area contributed by atoms with Gasteiger partial charge in [-0.05, 0) is 26.0 Å². The van der Waals surface area contributed by atoms with Crippen LogP contribution in [0.15, 0.2) is 22.7 Å². The van der Waals surface area contributed by atoms with Crippen LogP contribution in [0.1, 0.15) is 18.2 Å². The number of ether oxygens (including phenoxy) is 1. The normalized spacial score (nSPS) is 16.6. The lowest BCUT2D eigenvalue weighted by Gasteiger charge is -2.30. The fourth-order valence-corrected chi connectivity index (χ4v) is 2.54. The van der Waals surface area contributed by atoms with Gasteiger partial charge in [-0.2, -0.15) is 0 Å². The first-order valence-corrected chi connectivity index (χ1v) is 6.65. The van der Waals surface area contributed by atoms with E-state index in [-0.39, 0.29) is 0 Å². The maximum absolute atomic E-state index is 5.50. The standard InChI is InChI=1S/C15H18N2O2/c1-3-4-13-14(17-7-9-18-10-8-17)6-5-12-11(2)16-19-15(12)13/h3-6H,7-10H2,1-2H3. The van der Waals surface area contributed by atoms with Crippen molar-refractivity contribution in [3.8, 4) is 0 Å². The summed E-state index contributed by atoms with van der Waals surface area (Å²) in [5.74, 6) is 0. The van der Waals surface area contributed by atoms with E-state index in [2.05, 4.69) is 28.3 Å². The van der Waals surface area contributed by atoms with Crippen molar-refractivity contribution >= 4 is 22.7 Å². The van der Waals surface area contributed by atoms with Gasteiger partial charge in [-0.3, -0.25) is 0 Å². The minimum atomic E-state index is 0.781. The molecule has 0 amide bonds. The van der Waals surface area contributed by atoms with Crippen molar-refractivity contribution < 1.29 is 9.26 Å². The van der Waals surface area contributed by atoms with Crippen LogP contribution in [0.25, 0.3) is 17.0 Å². The molecule has 0 atom stereocenters. The van der Waals surface area contributed by atoms with Gasteiger partial charge in [0.15, 0.2) is 5.58 Å². The summed E-state index contributed by atoms with van der Waals surface area (Å²) in [6, 6.07) is 4.26. The molecule has 100 valence electrons. The van der Waals surface area contributed by atoms with E-state index in [0.29, 0.717) is 0 Å². The molecule has 3 rings (SSSR count). The molecule has 0 bridgehead atoms. The highest BCUT2D eigenvalue weighted by atomic mass is 16.5. The minimum absolute atomic E-state index is 0.781. The summed E-state index contributed by atoms with van der Waals surface area (Å²) in [6.07, 6.45) is 4.13. The predicted octanol–water partition coefficient (Wildman–Crippen LogP) is 3.01. The van der Waals surface area contributed by atoms with Gasteiger partial charge in [0.05, 0.1) is 18.9 Å². The van der Waals surface area contributed by atoms with Crippen molar-refractivity contribution in [3.63, 3.8) is 0 Å². The lowest BCUT2D eigenvalue weighted by atomic mass is 10.1. The van der Waals surface area contributed by atoms with Crippen molar-refractivity contribution in [2.45, 2.75) is 13.8 Å². The average Bonchev–Trinajstić information content (AvgIpc) is 2.83. The molecule has 19 heavy (non-hydrogen) atoms. The van der Waals surface area contributed by atoms with Crippen LogP contribution < -0.4 is 4.90 Å². The molecule has 1 aliphatic rings. The quantitative estimate of drug-likeness (QED) is 0.830. The van der Waals surface area contributed by atoms with Crippen LogP contribution in [0, 0.1) is 6.92 Å². The van der Waals surface area contributed by atoms with Crippen molar-refractivity contribution in [2.75, 3.05) is 31.2 Å². The molecule has 0 N–H and O–H groups in total. The zero-order valence-corrected chi connectivity index (χ0v) is 11.3. The second-order valence-corrected chi connectivity index (χ2v) is 4.74. The van der Waals surface area contributed by atoms with E-state index in [4.69, 9.17) is 9.26 Å². The maximum Gasteiger partial charge on any atom is 0.176 e. The first-order chi connectivity index (χ1) is 9.31. The zero-order chi connectivity index (χ0) is 13.2. The van der Waals surface area contributed by atoms with Gasteiger partial charge in [-0.1, -0.05) is 17.3 Å². The Morgan fingerprint density at radius 2 is 2.05 bits per heavy atom. The second kappa shape index (κ2) is 5.05. The Balaban J connectivity index is 2.14. The van der Waals surface area contributed by atoms with Gasteiger partial charge in [-0.15, -0.1) is 0 Å². The first-order valence-electron chi connectivity index (χ1n) is 6.65. The number of nitrogens with zero attached hydrogens (tertiary/aromatic N) is 2. The highest BCUT2D eigenvalue weighted by molar-refractivity contribution is 5.93. The van der Waals surface area contributed by atoms with Gasteiger partial charge in [0.1, 0.15) is 0 Å². The van der Waals surface area contributed by atoms with Crippen LogP contribution in [0.5, 0.6) is 0 Å². The number of morpholine rings is 1. The third-order valence-corrected chi connectivity index (χ3v) is 3.52. The van der Waals surface area contributed by atoms with E-state index in [0.717, 1.165) is 48.5 Å². The molecule has 1 saturated heterocycles. The van der Waals surface area contributed by atoms with Gasteiger partial charge < -0.3 is 14.2 Å². The largest absolute Gasteiger partial charge is 0.378 e. The zero-order valence-electron chi connectivity index (χ0n) is 11.3. The van der Waals surface area contributed by atoms with Crippen molar-refractivity contribution in [1.82, 2.24) is 5.16 Å². The van der Waals surface area contributed by atoms with Crippen LogP contribution in [-0.4, -0.2) is 31.5 Å². The van der Waals surface area contributed by atoms with Gasteiger partial charge in [0, 0.05) is 29.7 Å². The Kier molecular flexibility index (Phi) is 3.25. The third kappa shape index (κ3) is 2.12. The molecular weight excluding hydrogens is 240 g/mol. The number of allylic oxidation sites excluding steroid dienone is 1. The molecule has 1 fully saturated rings. The summed E-state index contributed by atoms with van der Waals surface area (Å²) in [4.78, 5) is 2.34. The second-order valence-electron chi connectivity index (χ2n) is 4.74. The fourth-order valence-electron chi connectivity index (χ4n) is 2.54. The molecular formula is C15H18N2O2. The van der Waals surface area contributed by atoms with Crippen LogP contribution in [0.2, 0.25) is 0 Å². The topological polar surface area (TPSA) is 38.5 Å². The average molecular weight is 258 g/mol. The molecule has 4 heteroatoms. The van der Waals surface area contributed by atoms with Gasteiger partial charge in [-0.25, -0.2) is 0 Å². The van der Waals surface area contributed by atoms with Crippen molar-refractivity contribution in [2.24, 2.45) is 0 Å². The first kappa shape index (κ1) is 12.2. The molecule has 0 spiro atoms. The Labute approximate surface area is 112 Å². The molecule has 0 aliphatic carbocycles. The molecule has 0 radical (unpaired) electrons. The molecule has 4 nitrogen and oxygen atoms in total. The number of hydrogen-bond donors (Lipinski definition) is 0. The van der Waals surface area contributed by atoms with Crippen molar-refractivity contribution in [3.05, 3.63) is 29.5 Å². The molecule has 1 aliphatic heterocycles. The number of rotatable bonds is 2. The number of benzene rings is 1. The monoisotopic (exact) mass is 258 g/mol. The molecule has 1 aromatic heterocycles. The van der Waals surface area contributed by atoms with Gasteiger partial charge in [0.2, 0.25) is 0 Å². The summed E-state index contributed by atoms with van der Waals surface area (Å²) in [7, 11) is 0. The number of aromatic nitrogens is 1. The Bertz CT molecular complexity index is 610. The number of anilines is 1. The van der Waals surface area contributed by atoms with E-state index in [1.54, 1.807) is 0 Å².